The Hall–Kier alpha value is -0.480. The van der Waals surface area contributed by atoms with E-state index in [9.17, 15) is 4.79 Å². The molecule has 4 heteroatoms. The van der Waals surface area contributed by atoms with E-state index in [0.29, 0.717) is 6.04 Å². The van der Waals surface area contributed by atoms with Crippen molar-refractivity contribution < 1.29 is 4.79 Å². The van der Waals surface area contributed by atoms with Crippen molar-refractivity contribution in [1.29, 1.82) is 0 Å². The van der Waals surface area contributed by atoms with E-state index in [1.807, 2.05) is 16.3 Å². The molecule has 1 fully saturated rings. The first kappa shape index (κ1) is 12.0. The van der Waals surface area contributed by atoms with Gasteiger partial charge in [0.1, 0.15) is 0 Å². The van der Waals surface area contributed by atoms with Crippen molar-refractivity contribution in [2.45, 2.75) is 43.5 Å². The average molecular weight is 255 g/mol. The zero-order chi connectivity index (χ0) is 11.5. The minimum atomic E-state index is 0.192. The van der Waals surface area contributed by atoms with E-state index in [0.717, 1.165) is 35.6 Å². The van der Waals surface area contributed by atoms with Gasteiger partial charge in [0, 0.05) is 22.9 Å². The number of amides is 1. The summed E-state index contributed by atoms with van der Waals surface area (Å²) in [4.78, 5) is 16.0. The van der Waals surface area contributed by atoms with Crippen LogP contribution in [0.5, 0.6) is 0 Å². The van der Waals surface area contributed by atoms with Gasteiger partial charge in [-0.25, -0.2) is 0 Å². The van der Waals surface area contributed by atoms with E-state index in [2.05, 4.69) is 19.6 Å². The average Bonchev–Trinajstić information content (AvgIpc) is 2.75. The lowest BCUT2D eigenvalue weighted by molar-refractivity contribution is 0.0613. The predicted molar refractivity (Wildman–Crippen MR) is 70.5 cm³/mol. The molecule has 1 aromatic heterocycles. The molecule has 1 amide bonds. The first-order valence-corrected chi connectivity index (χ1v) is 7.13. The summed E-state index contributed by atoms with van der Waals surface area (Å²) < 4.78 is 0. The number of hydrogen-bond acceptors (Lipinski definition) is 3. The number of rotatable bonds is 2. The second kappa shape index (κ2) is 5.23. The van der Waals surface area contributed by atoms with Gasteiger partial charge < -0.3 is 4.90 Å². The molecule has 1 unspecified atom stereocenters. The molecule has 1 atom stereocenters. The standard InChI is InChI=1S/C12H17NOS2/c1-2-9-5-3-4-6-13(9)12(14)11-7-10(15)8-16-11/h7-9,15H,2-6H2,1H3. The predicted octanol–water partition coefficient (Wildman–Crippen LogP) is 3.44. The fourth-order valence-electron chi connectivity index (χ4n) is 2.27. The van der Waals surface area contributed by atoms with E-state index >= 15 is 0 Å². The number of hydrogen-bond donors (Lipinski definition) is 1. The van der Waals surface area contributed by atoms with Gasteiger partial charge in [-0.05, 0) is 31.7 Å². The first-order valence-electron chi connectivity index (χ1n) is 5.81. The Bertz CT molecular complexity index is 375. The van der Waals surface area contributed by atoms with Crippen molar-refractivity contribution in [3.63, 3.8) is 0 Å². The van der Waals surface area contributed by atoms with Crippen molar-refractivity contribution >= 4 is 29.9 Å². The van der Waals surface area contributed by atoms with Crippen molar-refractivity contribution in [3.05, 3.63) is 16.3 Å². The maximum absolute atomic E-state index is 12.3. The van der Waals surface area contributed by atoms with E-state index < -0.39 is 0 Å². The van der Waals surface area contributed by atoms with Crippen LogP contribution in [0.1, 0.15) is 42.3 Å². The zero-order valence-electron chi connectivity index (χ0n) is 9.48. The van der Waals surface area contributed by atoms with Crippen LogP contribution in [0.4, 0.5) is 0 Å². The summed E-state index contributed by atoms with van der Waals surface area (Å²) in [5.41, 5.74) is 0. The Labute approximate surface area is 106 Å². The molecule has 0 aromatic carbocycles. The second-order valence-corrected chi connectivity index (χ2v) is 5.65. The molecule has 0 saturated carbocycles. The van der Waals surface area contributed by atoms with Crippen molar-refractivity contribution in [3.8, 4) is 0 Å². The molecule has 0 radical (unpaired) electrons. The molecule has 1 aliphatic rings. The highest BCUT2D eigenvalue weighted by molar-refractivity contribution is 7.80. The number of carbonyl (C=O) groups excluding carboxylic acids is 1. The summed E-state index contributed by atoms with van der Waals surface area (Å²) in [5.74, 6) is 0.192. The quantitative estimate of drug-likeness (QED) is 0.803. The third-order valence-corrected chi connectivity index (χ3v) is 4.51. The van der Waals surface area contributed by atoms with Crippen LogP contribution in [0.3, 0.4) is 0 Å². The summed E-state index contributed by atoms with van der Waals surface area (Å²) in [5, 5.41) is 1.92. The van der Waals surface area contributed by atoms with E-state index in [1.165, 1.54) is 17.8 Å². The fraction of sp³-hybridized carbons (Fsp3) is 0.583. The summed E-state index contributed by atoms with van der Waals surface area (Å²) in [7, 11) is 0. The van der Waals surface area contributed by atoms with Crippen molar-refractivity contribution in [2.75, 3.05) is 6.54 Å². The smallest absolute Gasteiger partial charge is 0.264 e. The van der Waals surface area contributed by atoms with Crippen LogP contribution < -0.4 is 0 Å². The van der Waals surface area contributed by atoms with Crippen LogP contribution >= 0.6 is 24.0 Å². The summed E-state index contributed by atoms with van der Waals surface area (Å²) >= 11 is 5.74. The number of nitrogens with zero attached hydrogens (tertiary/aromatic N) is 1. The second-order valence-electron chi connectivity index (χ2n) is 4.23. The van der Waals surface area contributed by atoms with E-state index in [1.54, 1.807) is 0 Å². The third kappa shape index (κ3) is 2.43. The zero-order valence-corrected chi connectivity index (χ0v) is 11.2. The third-order valence-electron chi connectivity index (χ3n) is 3.16. The van der Waals surface area contributed by atoms with Crippen molar-refractivity contribution in [1.82, 2.24) is 4.90 Å². The van der Waals surface area contributed by atoms with E-state index in [-0.39, 0.29) is 5.91 Å². The van der Waals surface area contributed by atoms with Crippen LogP contribution in [0.25, 0.3) is 0 Å². The molecule has 0 spiro atoms. The molecular weight excluding hydrogens is 238 g/mol. The highest BCUT2D eigenvalue weighted by Crippen LogP contribution is 2.25. The lowest BCUT2D eigenvalue weighted by atomic mass is 10.00. The Balaban J connectivity index is 2.13. The van der Waals surface area contributed by atoms with Gasteiger partial charge in [0.15, 0.2) is 0 Å². The van der Waals surface area contributed by atoms with Gasteiger partial charge >= 0.3 is 0 Å². The molecule has 16 heavy (non-hydrogen) atoms. The van der Waals surface area contributed by atoms with E-state index in [4.69, 9.17) is 0 Å². The maximum Gasteiger partial charge on any atom is 0.264 e. The van der Waals surface area contributed by atoms with Gasteiger partial charge in [0.05, 0.1) is 4.88 Å². The Morgan fingerprint density at radius 3 is 3.06 bits per heavy atom. The Kier molecular flexibility index (Phi) is 3.92. The SMILES string of the molecule is CCC1CCCCN1C(=O)c1cc(S)cs1. The highest BCUT2D eigenvalue weighted by atomic mass is 32.1. The minimum absolute atomic E-state index is 0.192. The number of piperidine rings is 1. The van der Waals surface area contributed by atoms with Crippen LogP contribution in [-0.4, -0.2) is 23.4 Å². The van der Waals surface area contributed by atoms with Crippen LogP contribution in [0.15, 0.2) is 16.3 Å². The Morgan fingerprint density at radius 2 is 2.44 bits per heavy atom. The number of thiol groups is 1. The summed E-state index contributed by atoms with van der Waals surface area (Å²) in [6.45, 7) is 3.08. The van der Waals surface area contributed by atoms with Crippen LogP contribution in [0.2, 0.25) is 0 Å². The van der Waals surface area contributed by atoms with Crippen molar-refractivity contribution in [2.24, 2.45) is 0 Å². The lowest BCUT2D eigenvalue weighted by Crippen LogP contribution is -2.43. The van der Waals surface area contributed by atoms with Gasteiger partial charge in [0.25, 0.3) is 5.91 Å². The molecule has 2 nitrogen and oxygen atoms in total. The minimum Gasteiger partial charge on any atom is -0.335 e. The highest BCUT2D eigenvalue weighted by Gasteiger charge is 2.26. The molecule has 1 saturated heterocycles. The first-order chi connectivity index (χ1) is 7.72. The molecule has 2 heterocycles. The maximum atomic E-state index is 12.3. The van der Waals surface area contributed by atoms with Crippen LogP contribution in [-0.2, 0) is 0 Å². The summed E-state index contributed by atoms with van der Waals surface area (Å²) in [6.07, 6.45) is 4.61. The molecule has 1 aromatic rings. The molecule has 2 rings (SSSR count). The fourth-order valence-corrected chi connectivity index (χ4v) is 3.38. The number of likely N-dealkylation sites (tertiary alicyclic amines) is 1. The normalized spacial score (nSPS) is 21.1. The van der Waals surface area contributed by atoms with Gasteiger partial charge in [-0.1, -0.05) is 6.92 Å². The Morgan fingerprint density at radius 1 is 1.62 bits per heavy atom. The topological polar surface area (TPSA) is 20.3 Å². The molecule has 0 bridgehead atoms. The van der Waals surface area contributed by atoms with Gasteiger partial charge in [-0.3, -0.25) is 4.79 Å². The van der Waals surface area contributed by atoms with Gasteiger partial charge in [-0.2, -0.15) is 0 Å². The summed E-state index contributed by atoms with van der Waals surface area (Å²) in [6, 6.07) is 2.31. The lowest BCUT2D eigenvalue weighted by Gasteiger charge is -2.34. The molecule has 88 valence electrons. The number of carbonyl (C=O) groups is 1. The number of thiophene rings is 1. The molecular formula is C12H17NOS2. The van der Waals surface area contributed by atoms with Gasteiger partial charge in [0.2, 0.25) is 0 Å². The molecule has 1 aliphatic heterocycles. The monoisotopic (exact) mass is 255 g/mol. The van der Waals surface area contributed by atoms with Crippen LogP contribution in [0, 0.1) is 0 Å². The molecule has 0 aliphatic carbocycles. The van der Waals surface area contributed by atoms with Gasteiger partial charge in [-0.15, -0.1) is 24.0 Å². The molecule has 0 N–H and O–H groups in total. The largest absolute Gasteiger partial charge is 0.335 e.